The topological polar surface area (TPSA) is 132 Å². The highest BCUT2D eigenvalue weighted by Crippen LogP contribution is 2.25. The van der Waals surface area contributed by atoms with Crippen molar-refractivity contribution in [1.29, 1.82) is 0 Å². The molecular weight excluding hydrogens is 553 g/mol. The van der Waals surface area contributed by atoms with E-state index in [-0.39, 0.29) is 29.3 Å². The maximum atomic E-state index is 13.9. The Balaban J connectivity index is 1.58. The summed E-state index contributed by atoms with van der Waals surface area (Å²) in [7, 11) is 2.08. The number of hydrogen-bond acceptors (Lipinski definition) is 9. The quantitative estimate of drug-likeness (QED) is 0.167. The molecule has 1 fully saturated rings. The molecule has 5 rings (SSSR count). The minimum Gasteiger partial charge on any atom is -0.433 e. The minimum absolute atomic E-state index is 0.0864. The van der Waals surface area contributed by atoms with Crippen LogP contribution in [0.15, 0.2) is 96.0 Å². The van der Waals surface area contributed by atoms with Gasteiger partial charge in [-0.1, -0.05) is 19.2 Å². The molecule has 12 nitrogen and oxygen atoms in total. The molecule has 1 aromatic carbocycles. The number of likely N-dealkylation sites (tertiary alicyclic amines) is 1. The summed E-state index contributed by atoms with van der Waals surface area (Å²) in [6.07, 6.45) is 9.51. The number of allylic oxidation sites excluding steroid dienone is 1. The molecule has 4 heterocycles. The van der Waals surface area contributed by atoms with Crippen molar-refractivity contribution in [3.05, 3.63) is 96.6 Å². The fourth-order valence-corrected chi connectivity index (χ4v) is 4.61. The smallest absolute Gasteiger partial charge is 0.299 e. The van der Waals surface area contributed by atoms with Gasteiger partial charge in [-0.2, -0.15) is 10.1 Å². The lowest BCUT2D eigenvalue weighted by Crippen LogP contribution is -2.23. The van der Waals surface area contributed by atoms with Crippen LogP contribution in [0.5, 0.6) is 5.75 Å². The van der Waals surface area contributed by atoms with Crippen molar-refractivity contribution in [2.45, 2.75) is 19.4 Å². The third kappa shape index (κ3) is 6.73. The molecule has 0 spiro atoms. The molecule has 1 atom stereocenters. The van der Waals surface area contributed by atoms with Gasteiger partial charge >= 0.3 is 0 Å². The van der Waals surface area contributed by atoms with Gasteiger partial charge in [-0.15, -0.1) is 0 Å². The molecule has 1 saturated heterocycles. The fourth-order valence-electron chi connectivity index (χ4n) is 4.61. The Hall–Kier alpha value is -5.43. The van der Waals surface area contributed by atoms with Crippen LogP contribution in [0.4, 0.5) is 21.7 Å². The molecule has 13 heteroatoms. The number of pyridine rings is 1. The van der Waals surface area contributed by atoms with Gasteiger partial charge in [0.25, 0.3) is 5.56 Å². The second-order valence-electron chi connectivity index (χ2n) is 9.89. The first-order chi connectivity index (χ1) is 20.7. The van der Waals surface area contributed by atoms with E-state index in [1.54, 1.807) is 36.7 Å². The maximum absolute atomic E-state index is 13.9. The number of ether oxygens (including phenoxy) is 1. The number of aromatic nitrogens is 5. The number of fused-ring (bicyclic) bond motifs is 1. The van der Waals surface area contributed by atoms with Gasteiger partial charge in [-0.3, -0.25) is 18.8 Å². The van der Waals surface area contributed by atoms with Gasteiger partial charge in [0, 0.05) is 30.0 Å². The van der Waals surface area contributed by atoms with Crippen LogP contribution in [0.25, 0.3) is 16.7 Å². The Kier molecular flexibility index (Phi) is 8.53. The van der Waals surface area contributed by atoms with Crippen LogP contribution >= 0.6 is 0 Å². The van der Waals surface area contributed by atoms with Crippen molar-refractivity contribution in [1.82, 2.24) is 29.2 Å². The molecule has 1 unspecified atom stereocenters. The van der Waals surface area contributed by atoms with Crippen LogP contribution in [-0.2, 0) is 4.79 Å². The van der Waals surface area contributed by atoms with Crippen LogP contribution in [0.2, 0.25) is 0 Å². The van der Waals surface area contributed by atoms with Gasteiger partial charge in [0.1, 0.15) is 5.83 Å². The highest BCUT2D eigenvalue weighted by atomic mass is 19.1. The highest BCUT2D eigenvalue weighted by molar-refractivity contribution is 5.99. The fraction of sp³-hybridized carbons (Fsp3) is 0.200. The number of carbonyl (C=O) groups is 1. The third-order valence-electron chi connectivity index (χ3n) is 6.62. The number of nitrogens with zero attached hydrogens (tertiary/aromatic N) is 7. The number of rotatable bonds is 9. The van der Waals surface area contributed by atoms with E-state index in [9.17, 15) is 14.0 Å². The molecule has 1 amide bonds. The second-order valence-corrected chi connectivity index (χ2v) is 9.89. The predicted octanol–water partition coefficient (Wildman–Crippen LogP) is 4.52. The molecule has 3 aromatic heterocycles. The van der Waals surface area contributed by atoms with E-state index in [2.05, 4.69) is 55.8 Å². The van der Waals surface area contributed by atoms with Gasteiger partial charge in [-0.05, 0) is 63.4 Å². The first kappa shape index (κ1) is 29.1. The van der Waals surface area contributed by atoms with Crippen molar-refractivity contribution >= 4 is 40.2 Å². The Morgan fingerprint density at radius 3 is 2.77 bits per heavy atom. The lowest BCUT2D eigenvalue weighted by Gasteiger charge is -2.14. The van der Waals surface area contributed by atoms with Crippen molar-refractivity contribution < 1.29 is 13.9 Å². The average Bonchev–Trinajstić information content (AvgIpc) is 3.64. The number of carbonyl (C=O) groups excluding carboxylic acids is 1. The molecule has 4 aromatic rings. The monoisotopic (exact) mass is 583 g/mol. The van der Waals surface area contributed by atoms with E-state index in [0.29, 0.717) is 22.4 Å². The van der Waals surface area contributed by atoms with E-state index < -0.39 is 17.3 Å². The zero-order valence-corrected chi connectivity index (χ0v) is 23.7. The van der Waals surface area contributed by atoms with E-state index in [0.717, 1.165) is 31.8 Å². The minimum atomic E-state index is -0.585. The van der Waals surface area contributed by atoms with Crippen LogP contribution < -0.4 is 20.9 Å². The van der Waals surface area contributed by atoms with Crippen molar-refractivity contribution in [2.75, 3.05) is 30.8 Å². The van der Waals surface area contributed by atoms with Crippen LogP contribution in [-0.4, -0.2) is 61.2 Å². The van der Waals surface area contributed by atoms with Gasteiger partial charge in [0.15, 0.2) is 11.4 Å². The number of amides is 1. The normalized spacial score (nSPS) is 15.8. The molecule has 0 bridgehead atoms. The summed E-state index contributed by atoms with van der Waals surface area (Å²) in [5, 5.41) is 10.8. The Bertz CT molecular complexity index is 1820. The van der Waals surface area contributed by atoms with E-state index >= 15 is 0 Å². The third-order valence-corrected chi connectivity index (χ3v) is 6.62. The number of benzene rings is 1. The van der Waals surface area contributed by atoms with Gasteiger partial charge in [0.05, 0.1) is 29.8 Å². The molecule has 2 N–H and O–H groups in total. The van der Waals surface area contributed by atoms with E-state index in [1.165, 1.54) is 23.6 Å². The number of aliphatic imine (C=N–C) groups is 1. The lowest BCUT2D eigenvalue weighted by atomic mass is 10.2. The Labute approximate surface area is 246 Å². The molecule has 0 saturated carbocycles. The van der Waals surface area contributed by atoms with Crippen LogP contribution in [0.1, 0.15) is 19.4 Å². The summed E-state index contributed by atoms with van der Waals surface area (Å²) in [6.45, 7) is 10.3. The Morgan fingerprint density at radius 2 is 2.05 bits per heavy atom. The summed E-state index contributed by atoms with van der Waals surface area (Å²) in [4.78, 5) is 41.0. The number of hydrogen-bond donors (Lipinski definition) is 2. The number of nitrogens with one attached hydrogen (secondary N) is 2. The predicted molar refractivity (Wildman–Crippen MR) is 164 cm³/mol. The highest BCUT2D eigenvalue weighted by Gasteiger charge is 2.22. The van der Waals surface area contributed by atoms with Crippen LogP contribution in [0.3, 0.4) is 0 Å². The van der Waals surface area contributed by atoms with Crippen LogP contribution in [0, 0.1) is 0 Å². The zero-order valence-electron chi connectivity index (χ0n) is 23.7. The first-order valence-corrected chi connectivity index (χ1v) is 13.4. The molecule has 0 aliphatic carbocycles. The molecule has 43 heavy (non-hydrogen) atoms. The summed E-state index contributed by atoms with van der Waals surface area (Å²) >= 11 is 0. The Morgan fingerprint density at radius 1 is 1.21 bits per heavy atom. The maximum Gasteiger partial charge on any atom is 0.299 e. The molecule has 0 radical (unpaired) electrons. The average molecular weight is 584 g/mol. The second kappa shape index (κ2) is 12.6. The van der Waals surface area contributed by atoms with Gasteiger partial charge < -0.3 is 20.3 Å². The van der Waals surface area contributed by atoms with E-state index in [1.807, 2.05) is 10.9 Å². The van der Waals surface area contributed by atoms with Gasteiger partial charge in [-0.25, -0.2) is 14.4 Å². The van der Waals surface area contributed by atoms with Gasteiger partial charge in [0.2, 0.25) is 17.8 Å². The summed E-state index contributed by atoms with van der Waals surface area (Å²) in [5.74, 6) is -0.925. The molecule has 1 aliphatic heterocycles. The van der Waals surface area contributed by atoms with Crippen molar-refractivity contribution in [3.63, 3.8) is 0 Å². The largest absolute Gasteiger partial charge is 0.433 e. The zero-order chi connectivity index (χ0) is 30.5. The number of halogens is 1. The van der Waals surface area contributed by atoms with Crippen molar-refractivity contribution in [2.24, 2.45) is 4.99 Å². The van der Waals surface area contributed by atoms with Crippen molar-refractivity contribution in [3.8, 4) is 11.4 Å². The number of likely N-dealkylation sites (N-methyl/N-ethyl adjacent to an activating group) is 1. The molecule has 1 aliphatic rings. The standard InChI is InChI=1S/C30H30FN9O3/c1-5-26(41)35-21-8-7-9-23(13-21)40-28-20(12-25(29(40)42)43-27(6-2)32-14-19(3)31)15-33-30(37-28)36-22-16-34-39(17-22)24-10-11-38(4)18-24/h5-9,12-17,24H,1-2,10-11,18H2,3-4H3,(H,35,41)(H,33,36,37)/b19-14+,32-27?. The summed E-state index contributed by atoms with van der Waals surface area (Å²) in [6, 6.07) is 8.41. The summed E-state index contributed by atoms with van der Waals surface area (Å²) < 4.78 is 22.3. The molecule has 220 valence electrons. The first-order valence-electron chi connectivity index (χ1n) is 13.4. The summed E-state index contributed by atoms with van der Waals surface area (Å²) in [5.41, 5.74) is 1.20. The molecular formula is C30H30FN9O3. The number of anilines is 3. The SMILES string of the molecule is C=CC(=O)Nc1cccc(-n2c(=O)c(OC(C=C)=N/C=C(\C)F)cc3cnc(Nc4cnn(C5CCN(C)C5)c4)nc32)c1. The lowest BCUT2D eigenvalue weighted by molar-refractivity contribution is -0.111. The van der Waals surface area contributed by atoms with E-state index in [4.69, 9.17) is 4.74 Å².